The van der Waals surface area contributed by atoms with E-state index < -0.39 is 5.97 Å². The zero-order valence-corrected chi connectivity index (χ0v) is 24.1. The van der Waals surface area contributed by atoms with Crippen LogP contribution in [0, 0.1) is 45.3 Å². The summed E-state index contributed by atoms with van der Waals surface area (Å²) in [5.41, 5.74) is 4.68. The summed E-state index contributed by atoms with van der Waals surface area (Å²) in [6, 6.07) is 7.63. The molecule has 3 heteroatoms. The van der Waals surface area contributed by atoms with Gasteiger partial charge in [-0.25, -0.2) is 4.79 Å². The van der Waals surface area contributed by atoms with Crippen molar-refractivity contribution in [3.63, 3.8) is 0 Å². The number of hydrogen-bond acceptors (Lipinski definition) is 2. The van der Waals surface area contributed by atoms with Crippen LogP contribution in [0.3, 0.4) is 0 Å². The molecule has 4 fully saturated rings. The number of aromatic carboxylic acids is 1. The number of benzene rings is 1. The third kappa shape index (κ3) is 3.25. The number of carboxylic acid groups (broad SMARTS) is 1. The molecule has 1 aromatic rings. The Morgan fingerprint density at radius 1 is 0.838 bits per heavy atom. The van der Waals surface area contributed by atoms with E-state index in [4.69, 9.17) is 0 Å². The lowest BCUT2D eigenvalue weighted by Gasteiger charge is -2.72. The van der Waals surface area contributed by atoms with Crippen molar-refractivity contribution in [3.05, 3.63) is 41.5 Å². The molecule has 8 atom stereocenters. The van der Waals surface area contributed by atoms with Gasteiger partial charge in [0.05, 0.1) is 5.56 Å². The van der Waals surface area contributed by atoms with Crippen LogP contribution in [0.1, 0.15) is 115 Å². The number of rotatable bonds is 3. The molecule has 0 radical (unpaired) electrons. The highest BCUT2D eigenvalue weighted by molar-refractivity contribution is 5.88. The first-order chi connectivity index (χ1) is 17.4. The smallest absolute Gasteiger partial charge is 0.335 e. The van der Waals surface area contributed by atoms with Crippen molar-refractivity contribution in [1.82, 2.24) is 5.32 Å². The lowest BCUT2D eigenvalue weighted by Crippen LogP contribution is -2.67. The van der Waals surface area contributed by atoms with Crippen LogP contribution in [0.25, 0.3) is 5.57 Å². The van der Waals surface area contributed by atoms with E-state index in [9.17, 15) is 9.90 Å². The summed E-state index contributed by atoms with van der Waals surface area (Å²) < 4.78 is 0. The molecule has 202 valence electrons. The molecule has 0 bridgehead atoms. The number of allylic oxidation sites excluding steroid dienone is 2. The monoisotopic (exact) mass is 503 g/mol. The van der Waals surface area contributed by atoms with Gasteiger partial charge in [0.2, 0.25) is 0 Å². The van der Waals surface area contributed by atoms with E-state index in [-0.39, 0.29) is 5.41 Å². The maximum absolute atomic E-state index is 11.4. The van der Waals surface area contributed by atoms with Gasteiger partial charge in [0.15, 0.2) is 0 Å². The van der Waals surface area contributed by atoms with Crippen molar-refractivity contribution in [2.75, 3.05) is 7.05 Å². The first-order valence-corrected chi connectivity index (χ1v) is 15.2. The Balaban J connectivity index is 1.35. The van der Waals surface area contributed by atoms with Gasteiger partial charge in [-0.2, -0.15) is 0 Å². The van der Waals surface area contributed by atoms with Crippen molar-refractivity contribution >= 4 is 11.5 Å². The van der Waals surface area contributed by atoms with Crippen molar-refractivity contribution in [1.29, 1.82) is 0 Å². The molecule has 6 rings (SSSR count). The first kappa shape index (κ1) is 25.7. The van der Waals surface area contributed by atoms with E-state index in [1.165, 1.54) is 68.9 Å². The third-order valence-corrected chi connectivity index (χ3v) is 13.9. The van der Waals surface area contributed by atoms with Crippen LogP contribution in [-0.2, 0) is 0 Å². The Hall–Kier alpha value is -1.61. The summed E-state index contributed by atoms with van der Waals surface area (Å²) in [7, 11) is 2.24. The minimum atomic E-state index is -0.848. The van der Waals surface area contributed by atoms with E-state index in [0.29, 0.717) is 33.3 Å². The molecule has 37 heavy (non-hydrogen) atoms. The maximum Gasteiger partial charge on any atom is 0.335 e. The second-order valence-electron chi connectivity index (χ2n) is 15.0. The van der Waals surface area contributed by atoms with Gasteiger partial charge in [0.1, 0.15) is 0 Å². The molecule has 0 aliphatic heterocycles. The van der Waals surface area contributed by atoms with Gasteiger partial charge in [-0.15, -0.1) is 0 Å². The third-order valence-electron chi connectivity index (χ3n) is 13.9. The molecule has 2 N–H and O–H groups in total. The Labute approximate surface area is 224 Å². The zero-order valence-electron chi connectivity index (χ0n) is 24.1. The summed E-state index contributed by atoms with van der Waals surface area (Å²) in [5.74, 6) is 2.31. The fraction of sp³-hybridized carbons (Fsp3) is 0.735. The highest BCUT2D eigenvalue weighted by Crippen LogP contribution is 2.76. The van der Waals surface area contributed by atoms with Gasteiger partial charge in [0, 0.05) is 5.54 Å². The summed E-state index contributed by atoms with van der Waals surface area (Å²) >= 11 is 0. The first-order valence-electron chi connectivity index (χ1n) is 15.2. The second kappa shape index (κ2) is 8.20. The Morgan fingerprint density at radius 2 is 1.57 bits per heavy atom. The minimum absolute atomic E-state index is 0.0795. The van der Waals surface area contributed by atoms with E-state index in [1.54, 1.807) is 12.1 Å². The number of hydrogen-bond donors (Lipinski definition) is 2. The Morgan fingerprint density at radius 3 is 2.24 bits per heavy atom. The zero-order chi connectivity index (χ0) is 26.4. The predicted octanol–water partition coefficient (Wildman–Crippen LogP) is 8.21. The fourth-order valence-corrected chi connectivity index (χ4v) is 11.9. The van der Waals surface area contributed by atoms with E-state index >= 15 is 0 Å². The number of carboxylic acids is 1. The molecule has 3 unspecified atom stereocenters. The quantitative estimate of drug-likeness (QED) is 0.437. The van der Waals surface area contributed by atoms with Gasteiger partial charge >= 0.3 is 5.97 Å². The fourth-order valence-electron chi connectivity index (χ4n) is 11.9. The van der Waals surface area contributed by atoms with Crippen LogP contribution in [-0.4, -0.2) is 23.7 Å². The van der Waals surface area contributed by atoms with Crippen LogP contribution in [0.2, 0.25) is 0 Å². The van der Waals surface area contributed by atoms with Crippen LogP contribution in [0.5, 0.6) is 0 Å². The van der Waals surface area contributed by atoms with Crippen LogP contribution in [0.4, 0.5) is 0 Å². The van der Waals surface area contributed by atoms with Gasteiger partial charge < -0.3 is 10.4 Å². The molecule has 0 heterocycles. The average molecular weight is 504 g/mol. The molecule has 4 saturated carbocycles. The van der Waals surface area contributed by atoms with Gasteiger partial charge in [-0.3, -0.25) is 0 Å². The summed E-state index contributed by atoms with van der Waals surface area (Å²) in [6.07, 6.45) is 16.2. The van der Waals surface area contributed by atoms with Gasteiger partial charge in [-0.05, 0) is 133 Å². The maximum atomic E-state index is 11.4. The molecule has 0 aromatic heterocycles. The average Bonchev–Trinajstić information content (AvgIpc) is 3.29. The molecule has 0 amide bonds. The van der Waals surface area contributed by atoms with Gasteiger partial charge in [0.25, 0.3) is 0 Å². The Kier molecular flexibility index (Phi) is 5.68. The largest absolute Gasteiger partial charge is 0.478 e. The number of nitrogens with one attached hydrogen (secondary N) is 1. The predicted molar refractivity (Wildman–Crippen MR) is 151 cm³/mol. The molecule has 0 saturated heterocycles. The number of carbonyl (C=O) groups is 1. The lowest BCUT2D eigenvalue weighted by molar-refractivity contribution is -0.216. The molecule has 1 aromatic carbocycles. The lowest BCUT2D eigenvalue weighted by atomic mass is 9.33. The minimum Gasteiger partial charge on any atom is -0.478 e. The Bertz CT molecular complexity index is 1120. The number of fused-ring (bicyclic) bond motifs is 7. The molecular weight excluding hydrogens is 454 g/mol. The summed E-state index contributed by atoms with van der Waals surface area (Å²) in [5, 5.41) is 13.2. The van der Waals surface area contributed by atoms with E-state index in [0.717, 1.165) is 24.2 Å². The molecular formula is C34H49NO2. The second-order valence-corrected chi connectivity index (χ2v) is 15.0. The highest BCUT2D eigenvalue weighted by atomic mass is 16.4. The van der Waals surface area contributed by atoms with Crippen LogP contribution < -0.4 is 5.32 Å². The van der Waals surface area contributed by atoms with Crippen molar-refractivity contribution < 1.29 is 9.90 Å². The SMILES string of the molecule is CN[C@]12CCCC1[C@H]1CCC3[C@@]4(C)CC=C(c5ccc(C(=O)O)cc5)C(C)(C)C4CC[C@@]3(C)[C@]1(C)CC2. The van der Waals surface area contributed by atoms with Gasteiger partial charge in [-0.1, -0.05) is 59.2 Å². The normalized spacial score (nSPS) is 46.2. The van der Waals surface area contributed by atoms with Crippen molar-refractivity contribution in [3.8, 4) is 0 Å². The summed E-state index contributed by atoms with van der Waals surface area (Å²) in [6.45, 7) is 13.1. The van der Waals surface area contributed by atoms with Crippen molar-refractivity contribution in [2.45, 2.75) is 104 Å². The van der Waals surface area contributed by atoms with Crippen LogP contribution >= 0.6 is 0 Å². The van der Waals surface area contributed by atoms with Crippen molar-refractivity contribution in [2.24, 2.45) is 45.3 Å². The molecule has 0 spiro atoms. The topological polar surface area (TPSA) is 49.3 Å². The summed E-state index contributed by atoms with van der Waals surface area (Å²) in [4.78, 5) is 11.4. The molecule has 3 nitrogen and oxygen atoms in total. The van der Waals surface area contributed by atoms with Crippen LogP contribution in [0.15, 0.2) is 30.3 Å². The standard InChI is InChI=1S/C34H49NO2/c1-30(2)24(22-9-11-23(12-10-22)29(36)37)15-18-31(3)27(30)16-19-33(5)28(31)14-13-25-26-8-7-17-34(26,35-6)21-20-32(25,33)4/h9-12,15,25-28,35H,7-8,13-14,16-21H2,1-6H3,(H,36,37)/t25-,26?,27?,28?,31+,32-,33-,34+/m1/s1. The molecule has 5 aliphatic rings. The highest BCUT2D eigenvalue weighted by Gasteiger charge is 2.69. The molecule has 5 aliphatic carbocycles. The van der Waals surface area contributed by atoms with E-state index in [2.05, 4.69) is 53.1 Å². The van der Waals surface area contributed by atoms with E-state index in [1.807, 2.05) is 12.1 Å².